The van der Waals surface area contributed by atoms with E-state index in [1.807, 2.05) is 30.3 Å². The van der Waals surface area contributed by atoms with Crippen LogP contribution in [0.25, 0.3) is 0 Å². The molecule has 68 valence electrons. The Balaban J connectivity index is 2.74. The largest absolute Gasteiger partial charge is 0.878 e. The third-order valence-corrected chi connectivity index (χ3v) is 1.83. The molecule has 0 fully saturated rings. The first kappa shape index (κ1) is 9.52. The molecule has 1 rings (SSSR count). The topological polar surface area (TPSA) is 40.1 Å². The molecule has 0 amide bonds. The summed E-state index contributed by atoms with van der Waals surface area (Å²) in [5.41, 5.74) is 1.31. The van der Waals surface area contributed by atoms with Crippen LogP contribution in [0.4, 0.5) is 0 Å². The van der Waals surface area contributed by atoms with Crippen molar-refractivity contribution in [1.82, 2.24) is 0 Å². The van der Waals surface area contributed by atoms with E-state index in [9.17, 15) is 9.90 Å². The minimum absolute atomic E-state index is 0.154. The lowest BCUT2D eigenvalue weighted by atomic mass is 10.0. The molecule has 0 radical (unpaired) electrons. The molecule has 0 spiro atoms. The fourth-order valence-electron chi connectivity index (χ4n) is 1.06. The van der Waals surface area contributed by atoms with Gasteiger partial charge in [-0.1, -0.05) is 30.3 Å². The standard InChI is InChI=1S/C11H12O2/c1-9(13)11(8-12)7-10-5-3-2-4-6-10/h2-6,8,12H,7H2,1H3/p-1. The van der Waals surface area contributed by atoms with Gasteiger partial charge in [-0.15, -0.1) is 6.26 Å². The van der Waals surface area contributed by atoms with Gasteiger partial charge in [-0.05, 0) is 24.5 Å². The van der Waals surface area contributed by atoms with Gasteiger partial charge in [0.15, 0.2) is 5.78 Å². The minimum atomic E-state index is -0.154. The second-order valence-corrected chi connectivity index (χ2v) is 2.86. The molecular weight excluding hydrogens is 164 g/mol. The lowest BCUT2D eigenvalue weighted by Crippen LogP contribution is -2.05. The molecule has 2 nitrogen and oxygen atoms in total. The van der Waals surface area contributed by atoms with Crippen LogP contribution in [0, 0.1) is 0 Å². The summed E-state index contributed by atoms with van der Waals surface area (Å²) in [6.07, 6.45) is 1.06. The van der Waals surface area contributed by atoms with Crippen molar-refractivity contribution in [2.45, 2.75) is 13.3 Å². The van der Waals surface area contributed by atoms with E-state index in [4.69, 9.17) is 0 Å². The Bertz CT molecular complexity index is 312. The molecule has 0 aliphatic carbocycles. The Labute approximate surface area is 77.5 Å². The number of hydrogen-bond acceptors (Lipinski definition) is 2. The number of rotatable bonds is 3. The second-order valence-electron chi connectivity index (χ2n) is 2.86. The van der Waals surface area contributed by atoms with E-state index in [0.29, 0.717) is 18.3 Å². The lowest BCUT2D eigenvalue weighted by Gasteiger charge is -2.05. The summed E-state index contributed by atoms with van der Waals surface area (Å²) in [6.45, 7) is 1.41. The van der Waals surface area contributed by atoms with Crippen LogP contribution in [0.5, 0.6) is 0 Å². The first-order valence-electron chi connectivity index (χ1n) is 4.10. The van der Waals surface area contributed by atoms with Crippen LogP contribution in [0.3, 0.4) is 0 Å². The van der Waals surface area contributed by atoms with Crippen molar-refractivity contribution in [3.8, 4) is 0 Å². The number of allylic oxidation sites excluding steroid dienone is 1. The molecule has 0 aliphatic rings. The highest BCUT2D eigenvalue weighted by atomic mass is 16.2. The van der Waals surface area contributed by atoms with Crippen LogP contribution in [0.1, 0.15) is 12.5 Å². The lowest BCUT2D eigenvalue weighted by molar-refractivity contribution is -0.276. The van der Waals surface area contributed by atoms with E-state index >= 15 is 0 Å². The summed E-state index contributed by atoms with van der Waals surface area (Å²) in [5.74, 6) is -0.154. The van der Waals surface area contributed by atoms with Gasteiger partial charge in [-0.25, -0.2) is 0 Å². The van der Waals surface area contributed by atoms with E-state index in [0.717, 1.165) is 5.56 Å². The van der Waals surface area contributed by atoms with Crippen molar-refractivity contribution < 1.29 is 9.90 Å². The Kier molecular flexibility index (Phi) is 3.26. The van der Waals surface area contributed by atoms with Gasteiger partial charge in [0.2, 0.25) is 0 Å². The summed E-state index contributed by atoms with van der Waals surface area (Å²) in [5, 5.41) is 10.5. The molecule has 0 unspecified atom stereocenters. The highest BCUT2D eigenvalue weighted by Gasteiger charge is 2.01. The normalized spacial score (nSPS) is 11.3. The molecule has 0 heterocycles. The number of Topliss-reactive ketones (excluding diaryl/α,β-unsaturated/α-hetero) is 1. The quantitative estimate of drug-likeness (QED) is 0.509. The van der Waals surface area contributed by atoms with Crippen molar-refractivity contribution in [2.24, 2.45) is 0 Å². The minimum Gasteiger partial charge on any atom is -0.878 e. The van der Waals surface area contributed by atoms with Gasteiger partial charge in [0.05, 0.1) is 0 Å². The maximum Gasteiger partial charge on any atom is 0.154 e. The molecule has 1 aromatic rings. The summed E-state index contributed by atoms with van der Waals surface area (Å²) >= 11 is 0. The Hall–Kier alpha value is -1.57. The average molecular weight is 175 g/mol. The van der Waals surface area contributed by atoms with Crippen molar-refractivity contribution >= 4 is 5.78 Å². The van der Waals surface area contributed by atoms with Gasteiger partial charge in [0.1, 0.15) is 0 Å². The number of carbonyl (C=O) groups is 1. The molecule has 0 saturated carbocycles. The average Bonchev–Trinajstić information content (AvgIpc) is 2.15. The summed E-state index contributed by atoms with van der Waals surface area (Å²) in [4.78, 5) is 10.9. The van der Waals surface area contributed by atoms with Crippen molar-refractivity contribution in [3.05, 3.63) is 47.7 Å². The number of hydrogen-bond donors (Lipinski definition) is 0. The Morgan fingerprint density at radius 2 is 2.00 bits per heavy atom. The van der Waals surface area contributed by atoms with E-state index in [-0.39, 0.29) is 5.78 Å². The summed E-state index contributed by atoms with van der Waals surface area (Å²) < 4.78 is 0. The molecular formula is C11H11O2-. The molecule has 0 aliphatic heterocycles. The van der Waals surface area contributed by atoms with Gasteiger partial charge < -0.3 is 5.11 Å². The zero-order chi connectivity index (χ0) is 9.68. The number of carbonyl (C=O) groups excluding carboxylic acids is 1. The fraction of sp³-hybridized carbons (Fsp3) is 0.182. The van der Waals surface area contributed by atoms with Crippen LogP contribution in [0.15, 0.2) is 42.2 Å². The molecule has 13 heavy (non-hydrogen) atoms. The fourth-order valence-corrected chi connectivity index (χ4v) is 1.06. The van der Waals surface area contributed by atoms with Gasteiger partial charge in [-0.3, -0.25) is 4.79 Å². The predicted octanol–water partition coefficient (Wildman–Crippen LogP) is 1.06. The first-order valence-corrected chi connectivity index (χ1v) is 4.10. The van der Waals surface area contributed by atoms with Crippen LogP contribution in [0.2, 0.25) is 0 Å². The van der Waals surface area contributed by atoms with Gasteiger partial charge >= 0.3 is 0 Å². The molecule has 0 N–H and O–H groups in total. The summed E-state index contributed by atoms with van der Waals surface area (Å²) in [7, 11) is 0. The number of benzene rings is 1. The van der Waals surface area contributed by atoms with Crippen molar-refractivity contribution in [2.75, 3.05) is 0 Å². The van der Waals surface area contributed by atoms with Gasteiger partial charge in [0, 0.05) is 0 Å². The van der Waals surface area contributed by atoms with Gasteiger partial charge in [0.25, 0.3) is 0 Å². The monoisotopic (exact) mass is 175 g/mol. The molecule has 0 saturated heterocycles. The van der Waals surface area contributed by atoms with Crippen LogP contribution < -0.4 is 5.11 Å². The third-order valence-electron chi connectivity index (χ3n) is 1.83. The van der Waals surface area contributed by atoms with Crippen LogP contribution in [-0.4, -0.2) is 5.78 Å². The maximum absolute atomic E-state index is 10.9. The van der Waals surface area contributed by atoms with E-state index in [1.165, 1.54) is 6.92 Å². The van der Waals surface area contributed by atoms with E-state index in [1.54, 1.807) is 0 Å². The summed E-state index contributed by atoms with van der Waals surface area (Å²) in [6, 6.07) is 9.46. The number of ketones is 1. The van der Waals surface area contributed by atoms with Crippen LogP contribution in [-0.2, 0) is 11.2 Å². The van der Waals surface area contributed by atoms with Crippen molar-refractivity contribution in [1.29, 1.82) is 0 Å². The zero-order valence-corrected chi connectivity index (χ0v) is 7.49. The molecule has 0 bridgehead atoms. The Morgan fingerprint density at radius 1 is 1.38 bits per heavy atom. The van der Waals surface area contributed by atoms with Crippen molar-refractivity contribution in [3.63, 3.8) is 0 Å². The first-order chi connectivity index (χ1) is 6.24. The molecule has 0 atom stereocenters. The second kappa shape index (κ2) is 4.45. The van der Waals surface area contributed by atoms with Gasteiger partial charge in [-0.2, -0.15) is 0 Å². The third kappa shape index (κ3) is 2.75. The molecule has 0 aromatic heterocycles. The Morgan fingerprint density at radius 3 is 2.46 bits per heavy atom. The highest BCUT2D eigenvalue weighted by molar-refractivity contribution is 5.93. The predicted molar refractivity (Wildman–Crippen MR) is 48.9 cm³/mol. The molecule has 1 aromatic carbocycles. The smallest absolute Gasteiger partial charge is 0.154 e. The van der Waals surface area contributed by atoms with E-state index < -0.39 is 0 Å². The zero-order valence-electron chi connectivity index (χ0n) is 7.49. The SMILES string of the molecule is CC(=O)C(=C[O-])Cc1ccccc1. The van der Waals surface area contributed by atoms with Crippen LogP contribution >= 0.6 is 0 Å². The maximum atomic E-state index is 10.9. The molecule has 2 heteroatoms. The highest BCUT2D eigenvalue weighted by Crippen LogP contribution is 2.07. The van der Waals surface area contributed by atoms with E-state index in [2.05, 4.69) is 0 Å².